The van der Waals surface area contributed by atoms with Crippen molar-refractivity contribution >= 4 is 17.6 Å². The van der Waals surface area contributed by atoms with Crippen molar-refractivity contribution in [1.82, 2.24) is 4.98 Å². The molecule has 112 valence electrons. The van der Waals surface area contributed by atoms with E-state index in [4.69, 9.17) is 9.84 Å². The zero-order valence-corrected chi connectivity index (χ0v) is 11.1. The molecule has 0 aliphatic rings. The Labute approximate surface area is 124 Å². The van der Waals surface area contributed by atoms with E-state index in [1.165, 1.54) is 36.7 Å². The number of esters is 1. The SMILES string of the molecule is O=C(O)c1ccc(COC(=O)c2ccncc2)c([N+](=O)[O-])c1. The highest BCUT2D eigenvalue weighted by molar-refractivity contribution is 5.89. The van der Waals surface area contributed by atoms with E-state index in [1.807, 2.05) is 0 Å². The molecule has 1 N–H and O–H groups in total. The third-order valence-corrected chi connectivity index (χ3v) is 2.80. The lowest BCUT2D eigenvalue weighted by molar-refractivity contribution is -0.385. The second kappa shape index (κ2) is 6.44. The quantitative estimate of drug-likeness (QED) is 0.509. The summed E-state index contributed by atoms with van der Waals surface area (Å²) in [6, 6.07) is 6.29. The Kier molecular flexibility index (Phi) is 4.42. The summed E-state index contributed by atoms with van der Waals surface area (Å²) in [7, 11) is 0. The third-order valence-electron chi connectivity index (χ3n) is 2.80. The number of aromatic nitrogens is 1. The van der Waals surface area contributed by atoms with Crippen LogP contribution in [0.15, 0.2) is 42.7 Å². The molecule has 0 fully saturated rings. The van der Waals surface area contributed by atoms with Crippen LogP contribution in [-0.4, -0.2) is 27.0 Å². The first-order chi connectivity index (χ1) is 10.5. The van der Waals surface area contributed by atoms with Crippen LogP contribution in [-0.2, 0) is 11.3 Å². The normalized spacial score (nSPS) is 10.0. The molecular formula is C14H10N2O6. The van der Waals surface area contributed by atoms with Crippen molar-refractivity contribution in [3.63, 3.8) is 0 Å². The van der Waals surface area contributed by atoms with Crippen LogP contribution in [0.5, 0.6) is 0 Å². The van der Waals surface area contributed by atoms with Gasteiger partial charge in [-0.3, -0.25) is 15.1 Å². The predicted molar refractivity (Wildman–Crippen MR) is 73.4 cm³/mol. The molecule has 1 aromatic carbocycles. The van der Waals surface area contributed by atoms with Gasteiger partial charge in [-0.2, -0.15) is 0 Å². The van der Waals surface area contributed by atoms with E-state index in [2.05, 4.69) is 4.98 Å². The summed E-state index contributed by atoms with van der Waals surface area (Å²) in [4.78, 5) is 36.6. The maximum atomic E-state index is 11.8. The summed E-state index contributed by atoms with van der Waals surface area (Å²) in [5, 5.41) is 19.8. The number of nitro benzene ring substituents is 1. The summed E-state index contributed by atoms with van der Waals surface area (Å²) in [6.45, 7) is -0.336. The Hall–Kier alpha value is -3.29. The van der Waals surface area contributed by atoms with Crippen LogP contribution in [0.2, 0.25) is 0 Å². The second-order valence-corrected chi connectivity index (χ2v) is 4.22. The van der Waals surface area contributed by atoms with Crippen LogP contribution in [0.3, 0.4) is 0 Å². The Morgan fingerprint density at radius 3 is 2.45 bits per heavy atom. The summed E-state index contributed by atoms with van der Waals surface area (Å²) < 4.78 is 4.99. The Morgan fingerprint density at radius 1 is 1.18 bits per heavy atom. The molecule has 22 heavy (non-hydrogen) atoms. The average Bonchev–Trinajstić information content (AvgIpc) is 2.53. The van der Waals surface area contributed by atoms with Crippen LogP contribution in [0, 0.1) is 10.1 Å². The summed E-state index contributed by atoms with van der Waals surface area (Å²) >= 11 is 0. The van der Waals surface area contributed by atoms with Crippen LogP contribution in [0.25, 0.3) is 0 Å². The number of benzene rings is 1. The van der Waals surface area contributed by atoms with Crippen LogP contribution < -0.4 is 0 Å². The Morgan fingerprint density at radius 2 is 1.86 bits per heavy atom. The number of hydrogen-bond acceptors (Lipinski definition) is 6. The number of rotatable bonds is 5. The molecule has 0 aliphatic heterocycles. The fourth-order valence-corrected chi connectivity index (χ4v) is 1.70. The van der Waals surface area contributed by atoms with Crippen molar-refractivity contribution in [1.29, 1.82) is 0 Å². The number of carboxylic acids is 1. The van der Waals surface area contributed by atoms with Gasteiger partial charge < -0.3 is 9.84 Å². The van der Waals surface area contributed by atoms with Crippen molar-refractivity contribution in [2.24, 2.45) is 0 Å². The predicted octanol–water partition coefficient (Wildman–Crippen LogP) is 2.04. The molecule has 0 aliphatic carbocycles. The lowest BCUT2D eigenvalue weighted by Crippen LogP contribution is -2.07. The van der Waals surface area contributed by atoms with Gasteiger partial charge in [0.15, 0.2) is 0 Å². The maximum Gasteiger partial charge on any atom is 0.338 e. The van der Waals surface area contributed by atoms with Crippen LogP contribution in [0.4, 0.5) is 5.69 Å². The third kappa shape index (κ3) is 3.42. The number of carbonyl (C=O) groups is 2. The first-order valence-corrected chi connectivity index (χ1v) is 6.07. The molecule has 1 heterocycles. The van der Waals surface area contributed by atoms with Gasteiger partial charge in [-0.25, -0.2) is 9.59 Å². The van der Waals surface area contributed by atoms with Crippen molar-refractivity contribution in [3.8, 4) is 0 Å². The fraction of sp³-hybridized carbons (Fsp3) is 0.0714. The first kappa shape index (κ1) is 15.1. The number of ether oxygens (including phenoxy) is 1. The van der Waals surface area contributed by atoms with Gasteiger partial charge in [-0.05, 0) is 24.3 Å². The number of hydrogen-bond donors (Lipinski definition) is 1. The number of nitrogens with zero attached hydrogens (tertiary/aromatic N) is 2. The lowest BCUT2D eigenvalue weighted by atomic mass is 10.1. The van der Waals surface area contributed by atoms with Crippen molar-refractivity contribution < 1.29 is 24.4 Å². The summed E-state index contributed by atoms with van der Waals surface area (Å²) in [5.74, 6) is -1.93. The van der Waals surface area contributed by atoms with E-state index >= 15 is 0 Å². The highest BCUT2D eigenvalue weighted by atomic mass is 16.6. The minimum atomic E-state index is -1.27. The van der Waals surface area contributed by atoms with Crippen molar-refractivity contribution in [2.45, 2.75) is 6.61 Å². The maximum absolute atomic E-state index is 11.8. The van der Waals surface area contributed by atoms with Crippen molar-refractivity contribution in [2.75, 3.05) is 0 Å². The Balaban J connectivity index is 2.17. The van der Waals surface area contributed by atoms with Gasteiger partial charge in [-0.1, -0.05) is 0 Å². The highest BCUT2D eigenvalue weighted by Gasteiger charge is 2.18. The monoisotopic (exact) mass is 302 g/mol. The van der Waals surface area contributed by atoms with Crippen LogP contribution in [0.1, 0.15) is 26.3 Å². The van der Waals surface area contributed by atoms with E-state index in [9.17, 15) is 19.7 Å². The zero-order chi connectivity index (χ0) is 16.1. The molecule has 8 heteroatoms. The van der Waals surface area contributed by atoms with E-state index in [-0.39, 0.29) is 23.3 Å². The smallest absolute Gasteiger partial charge is 0.338 e. The number of carboxylic acid groups (broad SMARTS) is 1. The standard InChI is InChI=1S/C14H10N2O6/c17-13(18)10-1-2-11(12(7-10)16(20)21)8-22-14(19)9-3-5-15-6-4-9/h1-7H,8H2,(H,17,18). The second-order valence-electron chi connectivity index (χ2n) is 4.22. The highest BCUT2D eigenvalue weighted by Crippen LogP contribution is 2.21. The summed E-state index contributed by atoms with van der Waals surface area (Å²) in [5.41, 5.74) is -0.254. The van der Waals surface area contributed by atoms with Gasteiger partial charge in [-0.15, -0.1) is 0 Å². The van der Waals surface area contributed by atoms with E-state index < -0.39 is 22.5 Å². The number of nitro groups is 1. The minimum Gasteiger partial charge on any atom is -0.478 e. The molecular weight excluding hydrogens is 292 g/mol. The molecule has 0 amide bonds. The van der Waals surface area contributed by atoms with E-state index in [1.54, 1.807) is 0 Å². The molecule has 2 rings (SSSR count). The molecule has 0 atom stereocenters. The summed E-state index contributed by atoms with van der Waals surface area (Å²) in [6.07, 6.45) is 2.83. The topological polar surface area (TPSA) is 120 Å². The number of aromatic carboxylic acids is 1. The van der Waals surface area contributed by atoms with E-state index in [0.717, 1.165) is 6.07 Å². The lowest BCUT2D eigenvalue weighted by Gasteiger charge is -2.06. The van der Waals surface area contributed by atoms with Gasteiger partial charge in [0, 0.05) is 18.5 Å². The average molecular weight is 302 g/mol. The minimum absolute atomic E-state index is 0.109. The molecule has 2 aromatic rings. The van der Waals surface area contributed by atoms with Gasteiger partial charge in [0.25, 0.3) is 5.69 Å². The molecule has 0 saturated heterocycles. The van der Waals surface area contributed by atoms with Gasteiger partial charge >= 0.3 is 11.9 Å². The van der Waals surface area contributed by atoms with E-state index in [0.29, 0.717) is 0 Å². The molecule has 0 bridgehead atoms. The largest absolute Gasteiger partial charge is 0.478 e. The molecule has 0 spiro atoms. The van der Waals surface area contributed by atoms with Crippen molar-refractivity contribution in [3.05, 3.63) is 69.5 Å². The molecule has 0 unspecified atom stereocenters. The van der Waals surface area contributed by atoms with Gasteiger partial charge in [0.2, 0.25) is 0 Å². The zero-order valence-electron chi connectivity index (χ0n) is 11.1. The molecule has 0 saturated carbocycles. The van der Waals surface area contributed by atoms with Crippen LogP contribution >= 0.6 is 0 Å². The first-order valence-electron chi connectivity index (χ1n) is 6.07. The fourth-order valence-electron chi connectivity index (χ4n) is 1.70. The van der Waals surface area contributed by atoms with Gasteiger partial charge in [0.05, 0.1) is 21.6 Å². The van der Waals surface area contributed by atoms with Gasteiger partial charge in [0.1, 0.15) is 6.61 Å². The number of pyridine rings is 1. The Bertz CT molecular complexity index is 729. The molecule has 8 nitrogen and oxygen atoms in total. The number of carbonyl (C=O) groups excluding carboxylic acids is 1. The molecule has 0 radical (unpaired) electrons. The molecule has 1 aromatic heterocycles.